The van der Waals surface area contributed by atoms with Gasteiger partial charge in [-0.3, -0.25) is 0 Å². The molecule has 0 saturated carbocycles. The summed E-state index contributed by atoms with van der Waals surface area (Å²) in [6.07, 6.45) is 3.26. The summed E-state index contributed by atoms with van der Waals surface area (Å²) in [6.45, 7) is 1.75. The second-order valence-electron chi connectivity index (χ2n) is 6.18. The molecule has 0 bridgehead atoms. The first-order valence-corrected chi connectivity index (χ1v) is 9.15. The molecule has 0 aliphatic rings. The van der Waals surface area contributed by atoms with Gasteiger partial charge < -0.3 is 0 Å². The highest BCUT2D eigenvalue weighted by Gasteiger charge is 2.11. The maximum absolute atomic E-state index is 14.1. The molecule has 0 heterocycles. The van der Waals surface area contributed by atoms with Gasteiger partial charge in [0.25, 0.3) is 0 Å². The van der Waals surface area contributed by atoms with Gasteiger partial charge in [-0.05, 0) is 72.2 Å². The van der Waals surface area contributed by atoms with Crippen LogP contribution in [0.2, 0.25) is 0 Å². The van der Waals surface area contributed by atoms with Crippen LogP contribution in [0.4, 0.5) is 23.2 Å². The predicted octanol–water partition coefficient (Wildman–Crippen LogP) is 7.08. The summed E-state index contributed by atoms with van der Waals surface area (Å²) >= 11 is 4.38. The number of rotatable bonds is 3. The zero-order chi connectivity index (χ0) is 21.7. The van der Waals surface area contributed by atoms with Crippen LogP contribution in [0.5, 0.6) is 0 Å². The third kappa shape index (κ3) is 4.72. The van der Waals surface area contributed by atoms with Crippen LogP contribution in [0, 0.1) is 35.1 Å². The summed E-state index contributed by atoms with van der Waals surface area (Å²) in [5, 5.41) is 1.93. The Morgan fingerprint density at radius 3 is 1.93 bits per heavy atom. The fourth-order valence-electron chi connectivity index (χ4n) is 2.77. The average molecular weight is 423 g/mol. The number of thiocarbonyl (C=S) groups is 1. The van der Waals surface area contributed by atoms with Crippen LogP contribution in [0.25, 0.3) is 17.2 Å². The van der Waals surface area contributed by atoms with Crippen molar-refractivity contribution in [3.63, 3.8) is 0 Å². The second kappa shape index (κ2) is 9.32. The molecule has 3 aromatic rings. The fraction of sp³-hybridized carbons (Fsp3) is 0.0417. The van der Waals surface area contributed by atoms with Crippen molar-refractivity contribution < 1.29 is 17.6 Å². The van der Waals surface area contributed by atoms with Crippen LogP contribution in [0.3, 0.4) is 0 Å². The van der Waals surface area contributed by atoms with Crippen molar-refractivity contribution in [2.24, 2.45) is 4.99 Å². The third-order valence-corrected chi connectivity index (χ3v) is 4.24. The Morgan fingerprint density at radius 2 is 1.40 bits per heavy atom. The third-order valence-electron chi connectivity index (χ3n) is 4.15. The molecule has 3 aromatic carbocycles. The van der Waals surface area contributed by atoms with Crippen LogP contribution in [0.1, 0.15) is 23.6 Å². The van der Waals surface area contributed by atoms with E-state index in [4.69, 9.17) is 0 Å². The van der Waals surface area contributed by atoms with Crippen LogP contribution in [-0.4, -0.2) is 5.16 Å². The van der Waals surface area contributed by atoms with E-state index >= 15 is 0 Å². The van der Waals surface area contributed by atoms with E-state index in [0.29, 0.717) is 22.3 Å². The van der Waals surface area contributed by atoms with E-state index in [-0.39, 0.29) is 5.56 Å². The zero-order valence-electron chi connectivity index (χ0n) is 15.6. The summed E-state index contributed by atoms with van der Waals surface area (Å²) in [4.78, 5) is 3.37. The number of hydrogen-bond acceptors (Lipinski definition) is 2. The molecule has 0 aliphatic heterocycles. The van der Waals surface area contributed by atoms with Crippen LogP contribution in [0.15, 0.2) is 59.6 Å². The van der Waals surface area contributed by atoms with Gasteiger partial charge in [-0.15, -0.1) is 0 Å². The maximum Gasteiger partial charge on any atom is 0.153 e. The molecule has 0 aliphatic carbocycles. The topological polar surface area (TPSA) is 12.4 Å². The number of allylic oxidation sites excluding steroid dienone is 1. The van der Waals surface area contributed by atoms with Gasteiger partial charge in [0.15, 0.2) is 11.6 Å². The van der Waals surface area contributed by atoms with Gasteiger partial charge in [-0.25, -0.2) is 17.6 Å². The molecule has 0 amide bonds. The van der Waals surface area contributed by atoms with Gasteiger partial charge in [0.1, 0.15) is 17.3 Å². The van der Waals surface area contributed by atoms with Crippen LogP contribution >= 0.6 is 12.2 Å². The van der Waals surface area contributed by atoms with E-state index < -0.39 is 29.0 Å². The molecular weight excluding hydrogens is 410 g/mol. The first-order valence-electron chi connectivity index (χ1n) is 8.74. The molecule has 6 heteroatoms. The van der Waals surface area contributed by atoms with Crippen molar-refractivity contribution in [1.29, 1.82) is 0 Å². The van der Waals surface area contributed by atoms with Crippen molar-refractivity contribution in [3.8, 4) is 23.0 Å². The lowest BCUT2D eigenvalue weighted by Gasteiger charge is -2.05. The Bertz CT molecular complexity index is 1200. The molecule has 0 atom stereocenters. The number of benzene rings is 3. The highest BCUT2D eigenvalue weighted by Crippen LogP contribution is 2.29. The van der Waals surface area contributed by atoms with Crippen molar-refractivity contribution in [1.82, 2.24) is 0 Å². The Labute approximate surface area is 176 Å². The zero-order valence-corrected chi connectivity index (χ0v) is 16.5. The molecule has 1 nitrogen and oxygen atoms in total. The van der Waals surface area contributed by atoms with Crippen LogP contribution < -0.4 is 0 Å². The second-order valence-corrected chi connectivity index (χ2v) is 6.36. The van der Waals surface area contributed by atoms with E-state index in [9.17, 15) is 17.6 Å². The maximum atomic E-state index is 14.1. The standard InChI is InChI=1S/C24H13F4NS/c1-2-3-16-10-20(25)19(21(26)11-16)9-6-15-4-7-17(8-5-15)18-12-22(27)24(29-14-30)23(28)13-18/h2-5,7-8,10-13H,1H3/b3-2+. The predicted molar refractivity (Wildman–Crippen MR) is 114 cm³/mol. The van der Waals surface area contributed by atoms with Crippen LogP contribution in [-0.2, 0) is 0 Å². The number of nitrogens with zero attached hydrogens (tertiary/aromatic N) is 1. The average Bonchev–Trinajstić information content (AvgIpc) is 2.70. The first-order chi connectivity index (χ1) is 14.4. The molecule has 0 aromatic heterocycles. The SMILES string of the molecule is C/C=C/c1cc(F)c(C#Cc2ccc(-c3cc(F)c(N=C=S)c(F)c3)cc2)c(F)c1. The normalized spacial score (nSPS) is 10.4. The van der Waals surface area contributed by atoms with Gasteiger partial charge in [-0.2, -0.15) is 4.99 Å². The molecule has 0 fully saturated rings. The van der Waals surface area contributed by atoms with Gasteiger partial charge in [0.2, 0.25) is 0 Å². The lowest BCUT2D eigenvalue weighted by Crippen LogP contribution is -1.92. The largest absolute Gasteiger partial charge is 0.205 e. The minimum Gasteiger partial charge on any atom is -0.205 e. The summed E-state index contributed by atoms with van der Waals surface area (Å²) in [5.74, 6) is 1.95. The minimum absolute atomic E-state index is 0.296. The van der Waals surface area contributed by atoms with E-state index in [1.807, 2.05) is 5.16 Å². The quantitative estimate of drug-likeness (QED) is 0.190. The fourth-order valence-corrected chi connectivity index (χ4v) is 2.86. The van der Waals surface area contributed by atoms with E-state index in [1.54, 1.807) is 43.3 Å². The molecule has 0 unspecified atom stereocenters. The van der Waals surface area contributed by atoms with Crippen molar-refractivity contribution in [2.45, 2.75) is 6.92 Å². The summed E-state index contributed by atoms with van der Waals surface area (Å²) < 4.78 is 56.3. The molecule has 0 saturated heterocycles. The number of aliphatic imine (C=N–C) groups is 1. The van der Waals surface area contributed by atoms with Crippen molar-refractivity contribution in [2.75, 3.05) is 0 Å². The summed E-state index contributed by atoms with van der Waals surface area (Å²) in [7, 11) is 0. The molecule has 30 heavy (non-hydrogen) atoms. The molecular formula is C24H13F4NS. The molecule has 0 N–H and O–H groups in total. The number of hydrogen-bond donors (Lipinski definition) is 0. The Hall–Kier alpha value is -3.52. The molecule has 0 spiro atoms. The smallest absolute Gasteiger partial charge is 0.153 e. The molecule has 148 valence electrons. The van der Waals surface area contributed by atoms with Gasteiger partial charge in [0.05, 0.1) is 10.7 Å². The molecule has 3 rings (SSSR count). The summed E-state index contributed by atoms with van der Waals surface area (Å²) in [6, 6.07) is 11.0. The Kier molecular flexibility index (Phi) is 6.58. The lowest BCUT2D eigenvalue weighted by molar-refractivity contribution is 0.577. The van der Waals surface area contributed by atoms with E-state index in [1.165, 1.54) is 12.1 Å². The Balaban J connectivity index is 1.89. The lowest BCUT2D eigenvalue weighted by atomic mass is 10.0. The van der Waals surface area contributed by atoms with Gasteiger partial charge >= 0.3 is 0 Å². The van der Waals surface area contributed by atoms with Gasteiger partial charge in [0, 0.05) is 5.56 Å². The van der Waals surface area contributed by atoms with Gasteiger partial charge in [-0.1, -0.05) is 36.1 Å². The highest BCUT2D eigenvalue weighted by molar-refractivity contribution is 7.78. The summed E-state index contributed by atoms with van der Waals surface area (Å²) in [5.41, 5.74) is 0.891. The monoisotopic (exact) mass is 423 g/mol. The van der Waals surface area contributed by atoms with Crippen molar-refractivity contribution >= 4 is 29.1 Å². The Morgan fingerprint density at radius 1 is 0.800 bits per heavy atom. The first kappa shape index (κ1) is 21.2. The van der Waals surface area contributed by atoms with E-state index in [0.717, 1.165) is 12.1 Å². The van der Waals surface area contributed by atoms with E-state index in [2.05, 4.69) is 29.1 Å². The number of halogens is 4. The number of isothiocyanates is 1. The van der Waals surface area contributed by atoms with Crippen molar-refractivity contribution in [3.05, 3.63) is 94.6 Å². The molecule has 0 radical (unpaired) electrons. The minimum atomic E-state index is -0.862. The highest BCUT2D eigenvalue weighted by atomic mass is 32.1.